The first kappa shape index (κ1) is 13.3. The predicted molar refractivity (Wildman–Crippen MR) is 48.6 cm³/mol. The second kappa shape index (κ2) is 6.74. The molecule has 0 radical (unpaired) electrons. The molecule has 0 N–H and O–H groups in total. The van der Waals surface area contributed by atoms with Gasteiger partial charge in [-0.2, -0.15) is 0 Å². The maximum Gasteiger partial charge on any atom is 1.00 e. The minimum absolute atomic E-state index is 0. The van der Waals surface area contributed by atoms with Crippen LogP contribution in [0.4, 0.5) is 0 Å². The average Bonchev–Trinajstić information content (AvgIpc) is 2.05. The number of rotatable bonds is 3. The molecule has 2 unspecified atom stereocenters. The molecule has 1 aromatic carbocycles. The Morgan fingerprint density at radius 2 is 1.92 bits per heavy atom. The molecular formula is C9H11NaO2S. The Kier molecular flexibility index (Phi) is 6.91. The maximum absolute atomic E-state index is 10.4. The average molecular weight is 206 g/mol. The molecule has 0 spiro atoms. The summed E-state index contributed by atoms with van der Waals surface area (Å²) in [5.74, 6) is 0.286. The first-order valence-corrected chi connectivity index (χ1v) is 5.05. The molecule has 0 fully saturated rings. The molecule has 1 rings (SSSR count). The summed E-state index contributed by atoms with van der Waals surface area (Å²) in [6, 6.07) is 9.64. The van der Waals surface area contributed by atoms with Crippen LogP contribution in [-0.2, 0) is 11.1 Å². The summed E-state index contributed by atoms with van der Waals surface area (Å²) in [6.45, 7) is 1.91. The smallest absolute Gasteiger partial charge is 0.772 e. The van der Waals surface area contributed by atoms with Crippen LogP contribution in [0.2, 0.25) is 0 Å². The standard InChI is InChI=1S/C9H12O2S.Na/c1-8(7-12(10)11)9-5-3-2-4-6-9;/h2-6,8H,7H2,1H3,(H,10,11);/q;+1/p-1. The third-order valence-corrected chi connectivity index (χ3v) is 2.53. The van der Waals surface area contributed by atoms with Crippen LogP contribution in [0.25, 0.3) is 0 Å². The van der Waals surface area contributed by atoms with E-state index in [-0.39, 0.29) is 41.2 Å². The molecule has 13 heavy (non-hydrogen) atoms. The van der Waals surface area contributed by atoms with Crippen LogP contribution in [0.1, 0.15) is 18.4 Å². The maximum atomic E-state index is 10.4. The molecular weight excluding hydrogens is 195 g/mol. The summed E-state index contributed by atoms with van der Waals surface area (Å²) >= 11 is -1.95. The molecule has 0 aromatic heterocycles. The van der Waals surface area contributed by atoms with Crippen LogP contribution in [0.3, 0.4) is 0 Å². The van der Waals surface area contributed by atoms with Crippen LogP contribution in [0, 0.1) is 0 Å². The van der Waals surface area contributed by atoms with E-state index in [2.05, 4.69) is 0 Å². The second-order valence-corrected chi connectivity index (χ2v) is 3.72. The van der Waals surface area contributed by atoms with Crippen molar-refractivity contribution in [3.05, 3.63) is 35.9 Å². The van der Waals surface area contributed by atoms with Gasteiger partial charge in [0.1, 0.15) is 0 Å². The summed E-state index contributed by atoms with van der Waals surface area (Å²) in [7, 11) is 0. The largest absolute Gasteiger partial charge is 1.00 e. The van der Waals surface area contributed by atoms with E-state index in [1.54, 1.807) is 0 Å². The summed E-state index contributed by atoms with van der Waals surface area (Å²) in [6.07, 6.45) is 0. The van der Waals surface area contributed by atoms with Gasteiger partial charge in [0.2, 0.25) is 0 Å². The summed E-state index contributed by atoms with van der Waals surface area (Å²) < 4.78 is 20.8. The van der Waals surface area contributed by atoms with Gasteiger partial charge in [0.15, 0.2) is 0 Å². The van der Waals surface area contributed by atoms with Gasteiger partial charge in [-0.25, -0.2) is 0 Å². The summed E-state index contributed by atoms with van der Waals surface area (Å²) in [5, 5.41) is 0. The van der Waals surface area contributed by atoms with E-state index < -0.39 is 11.1 Å². The Balaban J connectivity index is 0.00000144. The van der Waals surface area contributed by atoms with E-state index in [4.69, 9.17) is 0 Å². The minimum atomic E-state index is -1.95. The summed E-state index contributed by atoms with van der Waals surface area (Å²) in [5.41, 5.74) is 1.07. The third-order valence-electron chi connectivity index (χ3n) is 1.75. The van der Waals surface area contributed by atoms with E-state index in [1.807, 2.05) is 37.3 Å². The number of benzene rings is 1. The van der Waals surface area contributed by atoms with Crippen LogP contribution in [0.15, 0.2) is 30.3 Å². The molecule has 2 atom stereocenters. The Morgan fingerprint density at radius 1 is 1.38 bits per heavy atom. The molecule has 1 aromatic rings. The van der Waals surface area contributed by atoms with Crippen molar-refractivity contribution in [1.29, 1.82) is 0 Å². The van der Waals surface area contributed by atoms with Gasteiger partial charge in [-0.1, -0.05) is 48.3 Å². The Labute approximate surface area is 103 Å². The Hall–Kier alpha value is 0.330. The van der Waals surface area contributed by atoms with Crippen molar-refractivity contribution < 1.29 is 38.3 Å². The van der Waals surface area contributed by atoms with Crippen molar-refractivity contribution in [2.75, 3.05) is 5.75 Å². The fourth-order valence-electron chi connectivity index (χ4n) is 1.08. The van der Waals surface area contributed by atoms with Gasteiger partial charge in [0.25, 0.3) is 0 Å². The van der Waals surface area contributed by atoms with Crippen LogP contribution in [-0.4, -0.2) is 14.5 Å². The van der Waals surface area contributed by atoms with Crippen molar-refractivity contribution in [3.63, 3.8) is 0 Å². The van der Waals surface area contributed by atoms with Crippen molar-refractivity contribution in [2.24, 2.45) is 0 Å². The van der Waals surface area contributed by atoms with E-state index in [9.17, 15) is 8.76 Å². The van der Waals surface area contributed by atoms with Gasteiger partial charge in [-0.15, -0.1) is 0 Å². The zero-order valence-corrected chi connectivity index (χ0v) is 10.7. The molecule has 0 aliphatic carbocycles. The molecule has 0 heterocycles. The molecule has 0 amide bonds. The molecule has 0 bridgehead atoms. The van der Waals surface area contributed by atoms with Gasteiger partial charge in [-0.3, -0.25) is 4.21 Å². The van der Waals surface area contributed by atoms with E-state index >= 15 is 0 Å². The first-order chi connectivity index (χ1) is 5.70. The topological polar surface area (TPSA) is 40.1 Å². The molecule has 0 saturated heterocycles. The van der Waals surface area contributed by atoms with Crippen LogP contribution in [0.5, 0.6) is 0 Å². The molecule has 0 aliphatic rings. The monoisotopic (exact) mass is 206 g/mol. The second-order valence-electron chi connectivity index (χ2n) is 2.78. The molecule has 0 saturated carbocycles. The minimum Gasteiger partial charge on any atom is -0.772 e. The molecule has 66 valence electrons. The van der Waals surface area contributed by atoms with E-state index in [1.165, 1.54) is 0 Å². The fourth-order valence-corrected chi connectivity index (χ4v) is 1.68. The van der Waals surface area contributed by atoms with Gasteiger partial charge in [0, 0.05) is 5.75 Å². The van der Waals surface area contributed by atoms with Crippen molar-refractivity contribution in [2.45, 2.75) is 12.8 Å². The van der Waals surface area contributed by atoms with Crippen molar-refractivity contribution in [1.82, 2.24) is 0 Å². The quantitative estimate of drug-likeness (QED) is 0.454. The normalized spacial score (nSPS) is 14.3. The van der Waals surface area contributed by atoms with Crippen molar-refractivity contribution >= 4 is 11.1 Å². The first-order valence-electron chi connectivity index (χ1n) is 3.81. The van der Waals surface area contributed by atoms with Crippen LogP contribution < -0.4 is 29.6 Å². The van der Waals surface area contributed by atoms with E-state index in [0.717, 1.165) is 5.56 Å². The SMILES string of the molecule is CC(CS(=O)[O-])c1ccccc1.[Na+]. The molecule has 0 aliphatic heterocycles. The molecule has 2 nitrogen and oxygen atoms in total. The van der Waals surface area contributed by atoms with Crippen molar-refractivity contribution in [3.8, 4) is 0 Å². The van der Waals surface area contributed by atoms with Gasteiger partial charge in [0.05, 0.1) is 0 Å². The Bertz CT molecular complexity index is 264. The third kappa shape index (κ3) is 4.93. The van der Waals surface area contributed by atoms with Gasteiger partial charge < -0.3 is 4.55 Å². The Morgan fingerprint density at radius 3 is 2.38 bits per heavy atom. The zero-order valence-electron chi connectivity index (χ0n) is 7.90. The predicted octanol–water partition coefficient (Wildman–Crippen LogP) is -1.33. The van der Waals surface area contributed by atoms with Crippen LogP contribution >= 0.6 is 0 Å². The zero-order chi connectivity index (χ0) is 8.97. The van der Waals surface area contributed by atoms with Gasteiger partial charge >= 0.3 is 29.6 Å². The number of hydrogen-bond donors (Lipinski definition) is 0. The van der Waals surface area contributed by atoms with Gasteiger partial charge in [-0.05, 0) is 11.5 Å². The fraction of sp³-hybridized carbons (Fsp3) is 0.333. The van der Waals surface area contributed by atoms with E-state index in [0.29, 0.717) is 0 Å². The summed E-state index contributed by atoms with van der Waals surface area (Å²) in [4.78, 5) is 0. The number of hydrogen-bond acceptors (Lipinski definition) is 2. The molecule has 4 heteroatoms.